The highest BCUT2D eigenvalue weighted by molar-refractivity contribution is 5.68. The van der Waals surface area contributed by atoms with Crippen LogP contribution in [-0.4, -0.2) is 23.3 Å². The molecule has 0 amide bonds. The summed E-state index contributed by atoms with van der Waals surface area (Å²) in [5, 5.41) is 18.5. The summed E-state index contributed by atoms with van der Waals surface area (Å²) in [5.41, 5.74) is 1.46. The van der Waals surface area contributed by atoms with Gasteiger partial charge in [-0.1, -0.05) is 13.0 Å². The molecule has 1 aromatic carbocycles. The summed E-state index contributed by atoms with van der Waals surface area (Å²) in [6, 6.07) is 5.19. The lowest BCUT2D eigenvalue weighted by molar-refractivity contribution is -0.142. The molecular weight excluding hydrogens is 232 g/mol. The molecule has 0 spiro atoms. The van der Waals surface area contributed by atoms with Crippen molar-refractivity contribution < 1.29 is 19.7 Å². The summed E-state index contributed by atoms with van der Waals surface area (Å²) in [6.07, 6.45) is 1.44. The number of phenolic OH excluding ortho intramolecular Hbond substituents is 1. The van der Waals surface area contributed by atoms with Crippen molar-refractivity contribution in [3.05, 3.63) is 29.3 Å². The van der Waals surface area contributed by atoms with Gasteiger partial charge in [0.1, 0.15) is 5.75 Å². The van der Waals surface area contributed by atoms with Gasteiger partial charge in [-0.3, -0.25) is 4.79 Å². The monoisotopic (exact) mass is 250 g/mol. The van der Waals surface area contributed by atoms with E-state index in [-0.39, 0.29) is 18.1 Å². The Labute approximate surface area is 106 Å². The second kappa shape index (κ2) is 4.61. The second-order valence-electron chi connectivity index (χ2n) is 4.79. The molecule has 0 radical (unpaired) electrons. The first-order chi connectivity index (χ1) is 8.53. The zero-order chi connectivity index (χ0) is 13.3. The lowest BCUT2D eigenvalue weighted by atomic mass is 9.82. The maximum atomic E-state index is 11.0. The Morgan fingerprint density at radius 3 is 2.83 bits per heavy atom. The number of carboxylic acid groups (broad SMARTS) is 1. The van der Waals surface area contributed by atoms with Crippen LogP contribution in [-0.2, 0) is 21.6 Å². The molecule has 2 N–H and O–H groups in total. The van der Waals surface area contributed by atoms with E-state index in [1.165, 1.54) is 0 Å². The highest BCUT2D eigenvalue weighted by atomic mass is 16.5. The Bertz CT molecular complexity index is 463. The third-order valence-corrected chi connectivity index (χ3v) is 3.98. The number of benzene rings is 1. The molecule has 2 atom stereocenters. The summed E-state index contributed by atoms with van der Waals surface area (Å²) >= 11 is 0. The fourth-order valence-electron chi connectivity index (χ4n) is 3.16. The molecule has 0 aromatic heterocycles. The number of fused-ring (bicyclic) bond motifs is 1. The van der Waals surface area contributed by atoms with Crippen LogP contribution in [0.1, 0.15) is 30.9 Å². The molecule has 1 aromatic rings. The number of carboxylic acids is 1. The van der Waals surface area contributed by atoms with Crippen molar-refractivity contribution in [1.82, 2.24) is 0 Å². The topological polar surface area (TPSA) is 66.8 Å². The second-order valence-corrected chi connectivity index (χ2v) is 4.79. The minimum atomic E-state index is -0.813. The van der Waals surface area contributed by atoms with Crippen molar-refractivity contribution >= 4 is 5.97 Å². The fourth-order valence-corrected chi connectivity index (χ4v) is 3.16. The molecule has 0 bridgehead atoms. The van der Waals surface area contributed by atoms with Gasteiger partial charge in [-0.2, -0.15) is 0 Å². The van der Waals surface area contributed by atoms with Crippen LogP contribution in [0.3, 0.4) is 0 Å². The van der Waals surface area contributed by atoms with E-state index in [0.29, 0.717) is 6.42 Å². The van der Waals surface area contributed by atoms with E-state index in [2.05, 4.69) is 0 Å². The van der Waals surface area contributed by atoms with E-state index >= 15 is 0 Å². The van der Waals surface area contributed by atoms with Crippen LogP contribution in [0.15, 0.2) is 18.2 Å². The first-order valence-corrected chi connectivity index (χ1v) is 6.12. The van der Waals surface area contributed by atoms with E-state index in [0.717, 1.165) is 17.5 Å². The predicted octanol–water partition coefficient (Wildman–Crippen LogP) is 2.29. The Balaban J connectivity index is 2.46. The number of aliphatic carboxylic acids is 1. The van der Waals surface area contributed by atoms with Gasteiger partial charge in [0.15, 0.2) is 0 Å². The minimum Gasteiger partial charge on any atom is -0.508 e. The Morgan fingerprint density at radius 1 is 1.56 bits per heavy atom. The van der Waals surface area contributed by atoms with Gasteiger partial charge in [0.2, 0.25) is 0 Å². The molecule has 0 fully saturated rings. The first-order valence-electron chi connectivity index (χ1n) is 6.12. The highest BCUT2D eigenvalue weighted by Crippen LogP contribution is 2.48. The zero-order valence-corrected chi connectivity index (χ0v) is 10.6. The predicted molar refractivity (Wildman–Crippen MR) is 66.5 cm³/mol. The summed E-state index contributed by atoms with van der Waals surface area (Å²) in [4.78, 5) is 11.0. The molecule has 2 rings (SSSR count). The van der Waals surface area contributed by atoms with E-state index in [1.54, 1.807) is 19.2 Å². The minimum absolute atomic E-state index is 0.0805. The number of hydrogen-bond acceptors (Lipinski definition) is 3. The van der Waals surface area contributed by atoms with Crippen molar-refractivity contribution in [2.75, 3.05) is 7.11 Å². The molecule has 1 aliphatic carbocycles. The summed E-state index contributed by atoms with van der Waals surface area (Å²) in [7, 11) is 1.63. The van der Waals surface area contributed by atoms with Crippen LogP contribution in [0.4, 0.5) is 0 Å². The lowest BCUT2D eigenvalue weighted by Crippen LogP contribution is -2.34. The lowest BCUT2D eigenvalue weighted by Gasteiger charge is -2.33. The van der Waals surface area contributed by atoms with E-state index < -0.39 is 11.6 Å². The highest BCUT2D eigenvalue weighted by Gasteiger charge is 2.46. The van der Waals surface area contributed by atoms with Gasteiger partial charge in [-0.15, -0.1) is 0 Å². The van der Waals surface area contributed by atoms with Crippen LogP contribution >= 0.6 is 0 Å². The molecule has 4 heteroatoms. The smallest absolute Gasteiger partial charge is 0.303 e. The Kier molecular flexibility index (Phi) is 3.30. The normalized spacial score (nSPS) is 26.0. The quantitative estimate of drug-likeness (QED) is 0.860. The molecule has 98 valence electrons. The third kappa shape index (κ3) is 1.86. The summed E-state index contributed by atoms with van der Waals surface area (Å²) in [5.74, 6) is -0.681. The molecule has 0 heterocycles. The SMILES string of the molecule is CCC1(OC)c2ccc(O)cc2CC1CC(=O)O. The van der Waals surface area contributed by atoms with Gasteiger partial charge >= 0.3 is 5.97 Å². The van der Waals surface area contributed by atoms with Crippen molar-refractivity contribution in [2.45, 2.75) is 31.8 Å². The van der Waals surface area contributed by atoms with Gasteiger partial charge in [0.25, 0.3) is 0 Å². The number of ether oxygens (including phenoxy) is 1. The van der Waals surface area contributed by atoms with Crippen LogP contribution < -0.4 is 0 Å². The molecule has 1 aliphatic rings. The van der Waals surface area contributed by atoms with Crippen molar-refractivity contribution in [2.24, 2.45) is 5.92 Å². The molecule has 0 saturated carbocycles. The number of carbonyl (C=O) groups is 1. The Morgan fingerprint density at radius 2 is 2.28 bits per heavy atom. The third-order valence-electron chi connectivity index (χ3n) is 3.98. The van der Waals surface area contributed by atoms with E-state index in [9.17, 15) is 9.90 Å². The number of methoxy groups -OCH3 is 1. The summed E-state index contributed by atoms with van der Waals surface area (Å²) < 4.78 is 5.68. The average molecular weight is 250 g/mol. The van der Waals surface area contributed by atoms with Gasteiger partial charge < -0.3 is 14.9 Å². The van der Waals surface area contributed by atoms with Crippen LogP contribution in [0.5, 0.6) is 5.75 Å². The molecule has 4 nitrogen and oxygen atoms in total. The van der Waals surface area contributed by atoms with E-state index in [1.807, 2.05) is 13.0 Å². The van der Waals surface area contributed by atoms with Crippen molar-refractivity contribution in [3.8, 4) is 5.75 Å². The van der Waals surface area contributed by atoms with Crippen LogP contribution in [0.25, 0.3) is 0 Å². The van der Waals surface area contributed by atoms with Gasteiger partial charge in [-0.05, 0) is 36.1 Å². The number of rotatable bonds is 4. The molecule has 0 aliphatic heterocycles. The number of aromatic hydroxyl groups is 1. The number of hydrogen-bond donors (Lipinski definition) is 2. The summed E-state index contributed by atoms with van der Waals surface area (Å²) in [6.45, 7) is 2.00. The zero-order valence-electron chi connectivity index (χ0n) is 10.6. The maximum Gasteiger partial charge on any atom is 0.303 e. The fraction of sp³-hybridized carbons (Fsp3) is 0.500. The average Bonchev–Trinajstić information content (AvgIpc) is 2.61. The number of phenols is 1. The van der Waals surface area contributed by atoms with Gasteiger partial charge in [-0.25, -0.2) is 0 Å². The molecule has 2 unspecified atom stereocenters. The Hall–Kier alpha value is -1.55. The van der Waals surface area contributed by atoms with Crippen molar-refractivity contribution in [3.63, 3.8) is 0 Å². The maximum absolute atomic E-state index is 11.0. The van der Waals surface area contributed by atoms with E-state index in [4.69, 9.17) is 9.84 Å². The van der Waals surface area contributed by atoms with Gasteiger partial charge in [0.05, 0.1) is 12.0 Å². The molecule has 0 saturated heterocycles. The van der Waals surface area contributed by atoms with Crippen molar-refractivity contribution in [1.29, 1.82) is 0 Å². The largest absolute Gasteiger partial charge is 0.508 e. The molecular formula is C14H18O4. The first kappa shape index (κ1) is 12.9. The van der Waals surface area contributed by atoms with Gasteiger partial charge in [0, 0.05) is 13.0 Å². The van der Waals surface area contributed by atoms with Crippen LogP contribution in [0, 0.1) is 5.92 Å². The van der Waals surface area contributed by atoms with Crippen LogP contribution in [0.2, 0.25) is 0 Å². The standard InChI is InChI=1S/C14H18O4/c1-3-14(18-2)10(8-13(16)17)6-9-7-11(15)4-5-12(9)14/h4-5,7,10,15H,3,6,8H2,1-2H3,(H,16,17). The molecule has 18 heavy (non-hydrogen) atoms.